The Morgan fingerprint density at radius 3 is 2.48 bits per heavy atom. The second-order valence-corrected chi connectivity index (χ2v) is 6.78. The minimum atomic E-state index is -0.872. The van der Waals surface area contributed by atoms with Crippen LogP contribution in [0.15, 0.2) is 54.9 Å². The Labute approximate surface area is 156 Å². The number of nitrogens with zero attached hydrogens (tertiary/aromatic N) is 2. The SMILES string of the molecule is Cc1ccc(C(O)c2nccn2CC(O)c2ccc(Cl)cc2Cl)cc1. The lowest BCUT2D eigenvalue weighted by atomic mass is 10.1. The second kappa shape index (κ2) is 7.58. The van der Waals surface area contributed by atoms with Gasteiger partial charge in [-0.15, -0.1) is 0 Å². The smallest absolute Gasteiger partial charge is 0.142 e. The molecule has 4 nitrogen and oxygen atoms in total. The summed E-state index contributed by atoms with van der Waals surface area (Å²) in [5.74, 6) is 0.466. The van der Waals surface area contributed by atoms with Gasteiger partial charge in [0.25, 0.3) is 0 Å². The maximum absolute atomic E-state index is 10.6. The number of rotatable bonds is 5. The Morgan fingerprint density at radius 2 is 1.80 bits per heavy atom. The van der Waals surface area contributed by atoms with Gasteiger partial charge in [-0.1, -0.05) is 59.1 Å². The van der Waals surface area contributed by atoms with Gasteiger partial charge in [0.15, 0.2) is 0 Å². The molecule has 2 N–H and O–H groups in total. The van der Waals surface area contributed by atoms with Crippen LogP contribution in [-0.4, -0.2) is 19.8 Å². The standard InChI is InChI=1S/C19H18Cl2N2O2/c1-12-2-4-13(5-3-12)18(25)19-22-8-9-23(19)11-17(24)15-7-6-14(20)10-16(15)21/h2-10,17-18,24-25H,11H2,1H3. The Morgan fingerprint density at radius 1 is 1.08 bits per heavy atom. The predicted octanol–water partition coefficient (Wildman–Crippen LogP) is 4.31. The number of hydrogen-bond acceptors (Lipinski definition) is 3. The first kappa shape index (κ1) is 18.0. The largest absolute Gasteiger partial charge is 0.386 e. The zero-order valence-electron chi connectivity index (χ0n) is 13.6. The molecule has 0 fully saturated rings. The van der Waals surface area contributed by atoms with Crippen LogP contribution in [0.25, 0.3) is 0 Å². The van der Waals surface area contributed by atoms with Gasteiger partial charge in [-0.05, 0) is 24.6 Å². The lowest BCUT2D eigenvalue weighted by Crippen LogP contribution is -2.14. The molecule has 0 spiro atoms. The highest BCUT2D eigenvalue weighted by Gasteiger charge is 2.19. The Bertz CT molecular complexity index is 862. The fourth-order valence-corrected chi connectivity index (χ4v) is 3.21. The molecule has 1 aromatic heterocycles. The van der Waals surface area contributed by atoms with E-state index in [4.69, 9.17) is 23.2 Å². The second-order valence-electron chi connectivity index (χ2n) is 5.93. The Balaban J connectivity index is 1.82. The molecule has 25 heavy (non-hydrogen) atoms. The molecule has 3 rings (SSSR count). The molecule has 0 aliphatic carbocycles. The highest BCUT2D eigenvalue weighted by atomic mass is 35.5. The minimum Gasteiger partial charge on any atom is -0.386 e. The molecule has 0 aliphatic rings. The van der Waals surface area contributed by atoms with E-state index in [1.807, 2.05) is 31.2 Å². The van der Waals surface area contributed by atoms with Crippen molar-refractivity contribution in [2.45, 2.75) is 25.7 Å². The summed E-state index contributed by atoms with van der Waals surface area (Å²) in [6.07, 6.45) is 1.61. The average molecular weight is 377 g/mol. The van der Waals surface area contributed by atoms with E-state index in [9.17, 15) is 10.2 Å². The summed E-state index contributed by atoms with van der Waals surface area (Å²) < 4.78 is 1.72. The molecule has 0 bridgehead atoms. The van der Waals surface area contributed by atoms with Crippen LogP contribution < -0.4 is 0 Å². The molecule has 3 aromatic rings. The van der Waals surface area contributed by atoms with Crippen LogP contribution in [-0.2, 0) is 6.54 Å². The van der Waals surface area contributed by atoms with Crippen molar-refractivity contribution in [3.8, 4) is 0 Å². The van der Waals surface area contributed by atoms with Gasteiger partial charge in [0.1, 0.15) is 11.9 Å². The van der Waals surface area contributed by atoms with Crippen LogP contribution in [0.3, 0.4) is 0 Å². The zero-order valence-corrected chi connectivity index (χ0v) is 15.1. The summed E-state index contributed by atoms with van der Waals surface area (Å²) in [4.78, 5) is 4.25. The molecular weight excluding hydrogens is 359 g/mol. The molecule has 0 amide bonds. The molecule has 2 aromatic carbocycles. The van der Waals surface area contributed by atoms with Crippen molar-refractivity contribution >= 4 is 23.2 Å². The lowest BCUT2D eigenvalue weighted by Gasteiger charge is -2.18. The molecule has 1 heterocycles. The van der Waals surface area contributed by atoms with Gasteiger partial charge in [-0.3, -0.25) is 0 Å². The lowest BCUT2D eigenvalue weighted by molar-refractivity contribution is 0.147. The van der Waals surface area contributed by atoms with Crippen LogP contribution in [0.5, 0.6) is 0 Å². The Kier molecular flexibility index (Phi) is 5.45. The summed E-state index contributed by atoms with van der Waals surface area (Å²) in [6, 6.07) is 12.6. The number of hydrogen-bond donors (Lipinski definition) is 2. The van der Waals surface area contributed by atoms with Crippen molar-refractivity contribution < 1.29 is 10.2 Å². The maximum Gasteiger partial charge on any atom is 0.142 e. The third-order valence-electron chi connectivity index (χ3n) is 4.08. The topological polar surface area (TPSA) is 58.3 Å². The van der Waals surface area contributed by atoms with Crippen molar-refractivity contribution in [2.75, 3.05) is 0 Å². The van der Waals surface area contributed by atoms with Crippen molar-refractivity contribution in [3.05, 3.63) is 87.4 Å². The van der Waals surface area contributed by atoms with E-state index in [2.05, 4.69) is 4.98 Å². The fraction of sp³-hybridized carbons (Fsp3) is 0.211. The van der Waals surface area contributed by atoms with Crippen LogP contribution in [0.4, 0.5) is 0 Å². The maximum atomic E-state index is 10.6. The van der Waals surface area contributed by atoms with Crippen LogP contribution in [0.2, 0.25) is 10.0 Å². The third-order valence-corrected chi connectivity index (χ3v) is 4.64. The van der Waals surface area contributed by atoms with Crippen LogP contribution in [0, 0.1) is 6.92 Å². The fourth-order valence-electron chi connectivity index (χ4n) is 2.68. The molecule has 0 saturated carbocycles. The van der Waals surface area contributed by atoms with Crippen molar-refractivity contribution in [2.24, 2.45) is 0 Å². The number of aliphatic hydroxyl groups excluding tert-OH is 2. The monoisotopic (exact) mass is 376 g/mol. The average Bonchev–Trinajstić information content (AvgIpc) is 3.02. The normalized spacial score (nSPS) is 13.6. The molecule has 0 aliphatic heterocycles. The van der Waals surface area contributed by atoms with E-state index >= 15 is 0 Å². The first-order valence-corrected chi connectivity index (χ1v) is 8.60. The third kappa shape index (κ3) is 4.05. The number of aliphatic hydroxyl groups is 2. The van der Waals surface area contributed by atoms with Gasteiger partial charge >= 0.3 is 0 Å². The molecule has 2 atom stereocenters. The van der Waals surface area contributed by atoms with Gasteiger partial charge in [0.2, 0.25) is 0 Å². The van der Waals surface area contributed by atoms with E-state index in [0.29, 0.717) is 21.4 Å². The first-order chi connectivity index (χ1) is 12.0. The van der Waals surface area contributed by atoms with Crippen LogP contribution in [0.1, 0.15) is 34.7 Å². The summed E-state index contributed by atoms with van der Waals surface area (Å²) in [5, 5.41) is 22.1. The summed E-state index contributed by atoms with van der Waals surface area (Å²) in [6.45, 7) is 2.21. The van der Waals surface area contributed by atoms with Crippen molar-refractivity contribution in [3.63, 3.8) is 0 Å². The van der Waals surface area contributed by atoms with E-state index in [1.165, 1.54) is 0 Å². The van der Waals surface area contributed by atoms with Crippen LogP contribution >= 0.6 is 23.2 Å². The number of aryl methyl sites for hydroxylation is 1. The first-order valence-electron chi connectivity index (χ1n) is 7.84. The quantitative estimate of drug-likeness (QED) is 0.697. The molecule has 0 saturated heterocycles. The van der Waals surface area contributed by atoms with Gasteiger partial charge < -0.3 is 14.8 Å². The summed E-state index contributed by atoms with van der Waals surface area (Å²) in [7, 11) is 0. The Hall–Kier alpha value is -1.85. The summed E-state index contributed by atoms with van der Waals surface area (Å²) >= 11 is 12.1. The number of halogens is 2. The van der Waals surface area contributed by atoms with E-state index < -0.39 is 12.2 Å². The number of imidazole rings is 1. The van der Waals surface area contributed by atoms with Gasteiger partial charge in [-0.2, -0.15) is 0 Å². The van der Waals surface area contributed by atoms with Crippen molar-refractivity contribution in [1.82, 2.24) is 9.55 Å². The molecule has 130 valence electrons. The molecule has 6 heteroatoms. The molecular formula is C19H18Cl2N2O2. The van der Waals surface area contributed by atoms with Gasteiger partial charge in [0, 0.05) is 28.0 Å². The number of benzene rings is 2. The van der Waals surface area contributed by atoms with E-state index in [-0.39, 0.29) is 6.54 Å². The zero-order chi connectivity index (χ0) is 18.0. The van der Waals surface area contributed by atoms with Gasteiger partial charge in [0.05, 0.1) is 12.6 Å². The highest BCUT2D eigenvalue weighted by molar-refractivity contribution is 6.35. The highest BCUT2D eigenvalue weighted by Crippen LogP contribution is 2.28. The summed E-state index contributed by atoms with van der Waals surface area (Å²) in [5.41, 5.74) is 2.44. The minimum absolute atomic E-state index is 0.222. The van der Waals surface area contributed by atoms with Crippen molar-refractivity contribution in [1.29, 1.82) is 0 Å². The van der Waals surface area contributed by atoms with E-state index in [0.717, 1.165) is 11.1 Å². The predicted molar refractivity (Wildman–Crippen MR) is 98.9 cm³/mol. The number of aromatic nitrogens is 2. The molecule has 2 unspecified atom stereocenters. The van der Waals surface area contributed by atoms with E-state index in [1.54, 1.807) is 35.2 Å². The molecule has 0 radical (unpaired) electrons. The van der Waals surface area contributed by atoms with Gasteiger partial charge in [-0.25, -0.2) is 4.98 Å².